The first-order valence-electron chi connectivity index (χ1n) is 6.96. The molecular weight excluding hydrogens is 250 g/mol. The summed E-state index contributed by atoms with van der Waals surface area (Å²) in [5.41, 5.74) is 3.59. The molecule has 1 heterocycles. The first kappa shape index (κ1) is 13.2. The third kappa shape index (κ3) is 2.84. The van der Waals surface area contributed by atoms with E-state index >= 15 is 0 Å². The molecule has 1 saturated heterocycles. The topological polar surface area (TPSA) is 43.7 Å². The summed E-state index contributed by atoms with van der Waals surface area (Å²) < 4.78 is 0. The van der Waals surface area contributed by atoms with Crippen LogP contribution in [0.15, 0.2) is 54.6 Å². The average molecular weight is 269 g/mol. The van der Waals surface area contributed by atoms with E-state index in [1.165, 1.54) is 11.1 Å². The predicted octanol–water partition coefficient (Wildman–Crippen LogP) is 1.82. The lowest BCUT2D eigenvalue weighted by molar-refractivity contribution is 0.0572. The van der Waals surface area contributed by atoms with Crippen molar-refractivity contribution in [3.05, 3.63) is 65.7 Å². The molecule has 20 heavy (non-hydrogen) atoms. The van der Waals surface area contributed by atoms with Gasteiger partial charge < -0.3 is 15.1 Å². The molecule has 0 aromatic heterocycles. The highest BCUT2D eigenvalue weighted by Crippen LogP contribution is 2.23. The highest BCUT2D eigenvalue weighted by Gasteiger charge is 2.29. The number of hydrogen-bond acceptors (Lipinski definition) is 3. The van der Waals surface area contributed by atoms with E-state index in [4.69, 9.17) is 0 Å². The summed E-state index contributed by atoms with van der Waals surface area (Å²) >= 11 is 0. The number of benzene rings is 2. The maximum Gasteiger partial charge on any atom is 0.0990 e. The zero-order chi connectivity index (χ0) is 13.9. The van der Waals surface area contributed by atoms with Gasteiger partial charge in [0, 0.05) is 18.8 Å². The molecule has 0 saturated carbocycles. The summed E-state index contributed by atoms with van der Waals surface area (Å²) in [7, 11) is 0. The van der Waals surface area contributed by atoms with Crippen LogP contribution < -0.4 is 4.90 Å². The Kier molecular flexibility index (Phi) is 3.72. The number of aliphatic hydroxyl groups excluding tert-OH is 2. The summed E-state index contributed by atoms with van der Waals surface area (Å²) in [5, 5.41) is 19.3. The maximum absolute atomic E-state index is 9.64. The number of nitrogens with zero attached hydrogens (tertiary/aromatic N) is 1. The first-order chi connectivity index (χ1) is 9.72. The third-order valence-electron chi connectivity index (χ3n) is 3.79. The van der Waals surface area contributed by atoms with E-state index in [0.717, 1.165) is 12.1 Å². The molecule has 2 aromatic rings. The van der Waals surface area contributed by atoms with E-state index in [1.807, 2.05) is 35.2 Å². The quantitative estimate of drug-likeness (QED) is 0.893. The molecule has 1 aliphatic heterocycles. The van der Waals surface area contributed by atoms with Gasteiger partial charge in [-0.05, 0) is 29.7 Å². The monoisotopic (exact) mass is 269 g/mol. The Balaban J connectivity index is 1.77. The molecular formula is C17H19NO2. The normalized spacial score (nSPS) is 22.2. The molecule has 0 amide bonds. The molecule has 3 heteroatoms. The van der Waals surface area contributed by atoms with Crippen LogP contribution in [0.4, 0.5) is 5.69 Å². The van der Waals surface area contributed by atoms with Crippen molar-refractivity contribution in [3.8, 4) is 0 Å². The Morgan fingerprint density at radius 2 is 1.50 bits per heavy atom. The van der Waals surface area contributed by atoms with Crippen LogP contribution in [-0.2, 0) is 6.42 Å². The Bertz CT molecular complexity index is 560. The highest BCUT2D eigenvalue weighted by molar-refractivity contribution is 5.50. The van der Waals surface area contributed by atoms with Crippen LogP contribution in [0.5, 0.6) is 0 Å². The minimum Gasteiger partial charge on any atom is -0.389 e. The van der Waals surface area contributed by atoms with Crippen molar-refractivity contribution in [2.75, 3.05) is 18.0 Å². The van der Waals surface area contributed by atoms with Gasteiger partial charge in [0.1, 0.15) is 0 Å². The van der Waals surface area contributed by atoms with Crippen LogP contribution in [0.25, 0.3) is 0 Å². The molecule has 1 aliphatic rings. The van der Waals surface area contributed by atoms with E-state index in [-0.39, 0.29) is 0 Å². The number of rotatable bonds is 3. The van der Waals surface area contributed by atoms with Gasteiger partial charge in [-0.3, -0.25) is 0 Å². The fourth-order valence-corrected chi connectivity index (χ4v) is 2.67. The molecule has 1 fully saturated rings. The van der Waals surface area contributed by atoms with E-state index in [2.05, 4.69) is 24.3 Å². The van der Waals surface area contributed by atoms with Crippen LogP contribution in [-0.4, -0.2) is 35.5 Å². The lowest BCUT2D eigenvalue weighted by Crippen LogP contribution is -2.22. The van der Waals surface area contributed by atoms with Gasteiger partial charge in [-0.1, -0.05) is 42.5 Å². The Hall–Kier alpha value is -1.84. The smallest absolute Gasteiger partial charge is 0.0990 e. The number of hydrogen-bond donors (Lipinski definition) is 2. The second-order valence-corrected chi connectivity index (χ2v) is 5.37. The van der Waals surface area contributed by atoms with E-state index in [1.54, 1.807) is 0 Å². The molecule has 0 aliphatic carbocycles. The molecule has 2 aromatic carbocycles. The summed E-state index contributed by atoms with van der Waals surface area (Å²) in [6.07, 6.45) is -0.395. The van der Waals surface area contributed by atoms with Crippen molar-refractivity contribution in [3.63, 3.8) is 0 Å². The predicted molar refractivity (Wildman–Crippen MR) is 79.9 cm³/mol. The van der Waals surface area contributed by atoms with Crippen molar-refractivity contribution in [1.29, 1.82) is 0 Å². The van der Waals surface area contributed by atoms with Crippen molar-refractivity contribution < 1.29 is 10.2 Å². The van der Waals surface area contributed by atoms with Gasteiger partial charge in [0.15, 0.2) is 0 Å². The van der Waals surface area contributed by atoms with Gasteiger partial charge >= 0.3 is 0 Å². The standard InChI is InChI=1S/C17H19NO2/c19-16-11-18(12-17(16)20)15-8-4-7-14(10-15)9-13-5-2-1-3-6-13/h1-8,10,16-17,19-20H,9,11-12H2/t16-,17+. The molecule has 3 rings (SSSR count). The summed E-state index contributed by atoms with van der Waals surface area (Å²) in [5.74, 6) is 0. The Labute approximate surface area is 119 Å². The maximum atomic E-state index is 9.64. The zero-order valence-electron chi connectivity index (χ0n) is 11.3. The minimum absolute atomic E-state index is 0.496. The number of aliphatic hydroxyl groups is 2. The van der Waals surface area contributed by atoms with Crippen LogP contribution in [0.3, 0.4) is 0 Å². The summed E-state index contributed by atoms with van der Waals surface area (Å²) in [6.45, 7) is 0.992. The van der Waals surface area contributed by atoms with Gasteiger partial charge in [-0.2, -0.15) is 0 Å². The van der Waals surface area contributed by atoms with Crippen molar-refractivity contribution >= 4 is 5.69 Å². The van der Waals surface area contributed by atoms with Crippen LogP contribution in [0, 0.1) is 0 Å². The first-order valence-corrected chi connectivity index (χ1v) is 6.96. The SMILES string of the molecule is O[C@@H]1CN(c2cccc(Cc3ccccc3)c2)C[C@@H]1O. The van der Waals surface area contributed by atoms with Gasteiger partial charge in [-0.25, -0.2) is 0 Å². The summed E-state index contributed by atoms with van der Waals surface area (Å²) in [6, 6.07) is 18.7. The molecule has 0 bridgehead atoms. The van der Waals surface area contributed by atoms with Crippen LogP contribution >= 0.6 is 0 Å². The van der Waals surface area contributed by atoms with Crippen molar-refractivity contribution in [1.82, 2.24) is 0 Å². The lowest BCUT2D eigenvalue weighted by Gasteiger charge is -2.18. The number of anilines is 1. The van der Waals surface area contributed by atoms with Gasteiger partial charge in [0.2, 0.25) is 0 Å². The molecule has 3 nitrogen and oxygen atoms in total. The molecule has 0 radical (unpaired) electrons. The van der Waals surface area contributed by atoms with Crippen LogP contribution in [0.2, 0.25) is 0 Å². The van der Waals surface area contributed by atoms with Gasteiger partial charge in [0.05, 0.1) is 12.2 Å². The van der Waals surface area contributed by atoms with E-state index in [9.17, 15) is 10.2 Å². The highest BCUT2D eigenvalue weighted by atomic mass is 16.3. The lowest BCUT2D eigenvalue weighted by atomic mass is 10.0. The minimum atomic E-state index is -0.646. The van der Waals surface area contributed by atoms with Crippen molar-refractivity contribution in [2.45, 2.75) is 18.6 Å². The second kappa shape index (κ2) is 5.65. The van der Waals surface area contributed by atoms with Crippen LogP contribution in [0.1, 0.15) is 11.1 Å². The fourth-order valence-electron chi connectivity index (χ4n) is 2.67. The van der Waals surface area contributed by atoms with E-state index < -0.39 is 12.2 Å². The molecule has 0 unspecified atom stereocenters. The largest absolute Gasteiger partial charge is 0.389 e. The van der Waals surface area contributed by atoms with E-state index in [0.29, 0.717) is 13.1 Å². The summed E-state index contributed by atoms with van der Waals surface area (Å²) in [4.78, 5) is 2.03. The Morgan fingerprint density at radius 3 is 2.20 bits per heavy atom. The molecule has 104 valence electrons. The second-order valence-electron chi connectivity index (χ2n) is 5.37. The molecule has 2 atom stereocenters. The van der Waals surface area contributed by atoms with Gasteiger partial charge in [-0.15, -0.1) is 0 Å². The fraction of sp³-hybridized carbons (Fsp3) is 0.294. The zero-order valence-corrected chi connectivity index (χ0v) is 11.3. The van der Waals surface area contributed by atoms with Crippen molar-refractivity contribution in [2.24, 2.45) is 0 Å². The molecule has 0 spiro atoms. The number of β-amino-alcohol motifs (C(OH)–C–C–N with tert-alkyl or cyclic N) is 2. The van der Waals surface area contributed by atoms with Gasteiger partial charge in [0.25, 0.3) is 0 Å². The molecule has 2 N–H and O–H groups in total. The average Bonchev–Trinajstić information content (AvgIpc) is 2.80. The third-order valence-corrected chi connectivity index (χ3v) is 3.79. The Morgan fingerprint density at radius 1 is 0.850 bits per heavy atom.